The van der Waals surface area contributed by atoms with Crippen LogP contribution in [-0.4, -0.2) is 21.4 Å². The summed E-state index contributed by atoms with van der Waals surface area (Å²) in [6.45, 7) is 10.8. The second-order valence-electron chi connectivity index (χ2n) is 6.57. The van der Waals surface area contributed by atoms with Gasteiger partial charge in [0.25, 0.3) is 0 Å². The molecule has 4 nitrogen and oxygen atoms in total. The molecule has 1 aromatic heterocycles. The van der Waals surface area contributed by atoms with E-state index in [1.54, 1.807) is 10.9 Å². The van der Waals surface area contributed by atoms with E-state index in [1.165, 1.54) is 22.3 Å². The van der Waals surface area contributed by atoms with Gasteiger partial charge in [0.2, 0.25) is 0 Å². The first-order valence-electron chi connectivity index (χ1n) is 7.73. The molecule has 1 heterocycles. The monoisotopic (exact) mass is 301 g/mol. The van der Waals surface area contributed by atoms with E-state index in [0.29, 0.717) is 6.54 Å². The Morgan fingerprint density at radius 2 is 1.86 bits per heavy atom. The normalized spacial score (nSPS) is 15.6. The second-order valence-corrected chi connectivity index (χ2v) is 6.57. The Morgan fingerprint density at radius 3 is 2.45 bits per heavy atom. The Kier molecular flexibility index (Phi) is 4.73. The molecule has 2 rings (SSSR count). The van der Waals surface area contributed by atoms with Gasteiger partial charge in [-0.1, -0.05) is 12.1 Å². The quantitative estimate of drug-likeness (QED) is 0.893. The Labute approximate surface area is 133 Å². The van der Waals surface area contributed by atoms with Crippen molar-refractivity contribution < 1.29 is 5.11 Å². The third kappa shape index (κ3) is 3.57. The van der Waals surface area contributed by atoms with Crippen molar-refractivity contribution in [2.75, 3.05) is 6.54 Å². The van der Waals surface area contributed by atoms with Crippen LogP contribution in [0.15, 0.2) is 24.5 Å². The van der Waals surface area contributed by atoms with Gasteiger partial charge in [-0.15, -0.1) is 0 Å². The first kappa shape index (κ1) is 16.7. The van der Waals surface area contributed by atoms with Crippen LogP contribution in [0.25, 0.3) is 0 Å². The average Bonchev–Trinajstić information content (AvgIpc) is 2.88. The van der Waals surface area contributed by atoms with Crippen LogP contribution in [0, 0.1) is 20.8 Å². The minimum atomic E-state index is -0.934. The van der Waals surface area contributed by atoms with E-state index in [-0.39, 0.29) is 6.04 Å². The van der Waals surface area contributed by atoms with Crippen LogP contribution in [0.2, 0.25) is 0 Å². The summed E-state index contributed by atoms with van der Waals surface area (Å²) in [5.74, 6) is 0. The summed E-state index contributed by atoms with van der Waals surface area (Å²) in [7, 11) is 1.86. The molecule has 2 N–H and O–H groups in total. The third-order valence-electron chi connectivity index (χ3n) is 4.43. The zero-order chi connectivity index (χ0) is 16.5. The van der Waals surface area contributed by atoms with Crippen molar-refractivity contribution in [3.63, 3.8) is 0 Å². The van der Waals surface area contributed by atoms with Gasteiger partial charge >= 0.3 is 0 Å². The summed E-state index contributed by atoms with van der Waals surface area (Å²) in [6, 6.07) is 4.64. The van der Waals surface area contributed by atoms with Gasteiger partial charge in [0.15, 0.2) is 0 Å². The Hall–Kier alpha value is -1.65. The number of hydrogen-bond acceptors (Lipinski definition) is 3. The van der Waals surface area contributed by atoms with Crippen molar-refractivity contribution >= 4 is 0 Å². The van der Waals surface area contributed by atoms with Gasteiger partial charge in [-0.3, -0.25) is 4.68 Å². The summed E-state index contributed by atoms with van der Waals surface area (Å²) >= 11 is 0. The van der Waals surface area contributed by atoms with Gasteiger partial charge < -0.3 is 10.4 Å². The van der Waals surface area contributed by atoms with Crippen molar-refractivity contribution in [2.45, 2.75) is 46.3 Å². The van der Waals surface area contributed by atoms with Gasteiger partial charge in [0, 0.05) is 31.4 Å². The molecular weight excluding hydrogens is 274 g/mol. The zero-order valence-corrected chi connectivity index (χ0v) is 14.4. The van der Waals surface area contributed by atoms with Gasteiger partial charge in [-0.05, 0) is 56.9 Å². The molecule has 0 aliphatic heterocycles. The van der Waals surface area contributed by atoms with E-state index >= 15 is 0 Å². The van der Waals surface area contributed by atoms with E-state index in [4.69, 9.17) is 0 Å². The molecule has 120 valence electrons. The highest BCUT2D eigenvalue weighted by molar-refractivity contribution is 5.38. The first-order valence-corrected chi connectivity index (χ1v) is 7.73. The van der Waals surface area contributed by atoms with Crippen molar-refractivity contribution in [1.29, 1.82) is 0 Å². The first-order chi connectivity index (χ1) is 10.2. The predicted molar refractivity (Wildman–Crippen MR) is 89.8 cm³/mol. The van der Waals surface area contributed by atoms with Crippen LogP contribution in [0.1, 0.15) is 47.7 Å². The highest BCUT2D eigenvalue weighted by atomic mass is 16.3. The molecule has 0 amide bonds. The van der Waals surface area contributed by atoms with Gasteiger partial charge in [-0.2, -0.15) is 5.10 Å². The molecule has 0 spiro atoms. The van der Waals surface area contributed by atoms with Crippen molar-refractivity contribution in [1.82, 2.24) is 15.1 Å². The second kappa shape index (κ2) is 6.23. The smallest absolute Gasteiger partial charge is 0.102 e. The minimum absolute atomic E-state index is 0.183. The van der Waals surface area contributed by atoms with Crippen LogP contribution in [0.4, 0.5) is 0 Å². The van der Waals surface area contributed by atoms with E-state index in [9.17, 15) is 5.11 Å². The SMILES string of the molecule is Cc1cc(C)c(C(C)NCC(C)(O)c2cnn(C)c2)cc1C. The van der Waals surface area contributed by atoms with E-state index < -0.39 is 5.60 Å². The third-order valence-corrected chi connectivity index (χ3v) is 4.43. The predicted octanol–water partition coefficient (Wildman–Crippen LogP) is 2.90. The maximum Gasteiger partial charge on any atom is 0.102 e. The molecule has 4 heteroatoms. The molecule has 2 aromatic rings. The van der Waals surface area contributed by atoms with Gasteiger partial charge in [0.1, 0.15) is 5.60 Å². The lowest BCUT2D eigenvalue weighted by Gasteiger charge is -2.26. The van der Waals surface area contributed by atoms with Crippen molar-refractivity contribution in [3.05, 3.63) is 52.3 Å². The molecule has 22 heavy (non-hydrogen) atoms. The van der Waals surface area contributed by atoms with Crippen molar-refractivity contribution in [2.24, 2.45) is 7.05 Å². The average molecular weight is 301 g/mol. The minimum Gasteiger partial charge on any atom is -0.384 e. The van der Waals surface area contributed by atoms with Crippen LogP contribution in [0.3, 0.4) is 0 Å². The molecule has 0 aliphatic carbocycles. The lowest BCUT2D eigenvalue weighted by Crippen LogP contribution is -2.36. The van der Waals surface area contributed by atoms with E-state index in [2.05, 4.69) is 50.2 Å². The highest BCUT2D eigenvalue weighted by Gasteiger charge is 2.25. The molecule has 0 fully saturated rings. The number of nitrogens with zero attached hydrogens (tertiary/aromatic N) is 2. The molecule has 0 aliphatic rings. The number of rotatable bonds is 5. The molecule has 0 saturated carbocycles. The Morgan fingerprint density at radius 1 is 1.23 bits per heavy atom. The summed E-state index contributed by atoms with van der Waals surface area (Å²) in [4.78, 5) is 0. The number of nitrogens with one attached hydrogen (secondary N) is 1. The fourth-order valence-corrected chi connectivity index (χ4v) is 2.71. The molecule has 0 radical (unpaired) electrons. The molecular formula is C18H27N3O. The summed E-state index contributed by atoms with van der Waals surface area (Å²) < 4.78 is 1.71. The number of aromatic nitrogens is 2. The number of benzene rings is 1. The Bertz CT molecular complexity index is 658. The number of hydrogen-bond donors (Lipinski definition) is 2. The topological polar surface area (TPSA) is 50.1 Å². The highest BCUT2D eigenvalue weighted by Crippen LogP contribution is 2.24. The molecule has 2 atom stereocenters. The summed E-state index contributed by atoms with van der Waals surface area (Å²) in [5.41, 5.74) is 5.07. The zero-order valence-electron chi connectivity index (χ0n) is 14.4. The number of aliphatic hydroxyl groups is 1. The largest absolute Gasteiger partial charge is 0.384 e. The van der Waals surface area contributed by atoms with Gasteiger partial charge in [0.05, 0.1) is 6.20 Å². The summed E-state index contributed by atoms with van der Waals surface area (Å²) in [5, 5.41) is 18.2. The standard InChI is InChI=1S/C18H27N3O/c1-12-7-14(3)17(8-13(12)2)15(4)19-11-18(5,22)16-9-20-21(6)10-16/h7-10,15,19,22H,11H2,1-6H3. The molecule has 0 bridgehead atoms. The molecule has 1 aromatic carbocycles. The van der Waals surface area contributed by atoms with Gasteiger partial charge in [-0.25, -0.2) is 0 Å². The van der Waals surface area contributed by atoms with E-state index in [1.807, 2.05) is 20.2 Å². The maximum absolute atomic E-state index is 10.6. The van der Waals surface area contributed by atoms with Crippen LogP contribution in [0.5, 0.6) is 0 Å². The summed E-state index contributed by atoms with van der Waals surface area (Å²) in [6.07, 6.45) is 3.57. The molecule has 2 unspecified atom stereocenters. The van der Waals surface area contributed by atoms with Crippen LogP contribution in [-0.2, 0) is 12.6 Å². The van der Waals surface area contributed by atoms with E-state index in [0.717, 1.165) is 5.56 Å². The lowest BCUT2D eigenvalue weighted by molar-refractivity contribution is 0.0542. The maximum atomic E-state index is 10.6. The van der Waals surface area contributed by atoms with Crippen LogP contribution >= 0.6 is 0 Å². The molecule has 0 saturated heterocycles. The fraction of sp³-hybridized carbons (Fsp3) is 0.500. The van der Waals surface area contributed by atoms with Crippen molar-refractivity contribution in [3.8, 4) is 0 Å². The van der Waals surface area contributed by atoms with Crippen LogP contribution < -0.4 is 5.32 Å². The lowest BCUT2D eigenvalue weighted by atomic mass is 9.95. The Balaban J connectivity index is 2.09. The fourth-order valence-electron chi connectivity index (χ4n) is 2.71. The number of aryl methyl sites for hydroxylation is 4.